The number of nitrogens with zero attached hydrogens (tertiary/aromatic N) is 4. The third-order valence-electron chi connectivity index (χ3n) is 5.85. The highest BCUT2D eigenvalue weighted by atomic mass is 127. The van der Waals surface area contributed by atoms with Gasteiger partial charge in [-0.15, -0.1) is 24.0 Å². The van der Waals surface area contributed by atoms with E-state index in [4.69, 9.17) is 9.73 Å². The predicted molar refractivity (Wildman–Crippen MR) is 134 cm³/mol. The van der Waals surface area contributed by atoms with Crippen molar-refractivity contribution in [3.8, 4) is 0 Å². The van der Waals surface area contributed by atoms with Gasteiger partial charge >= 0.3 is 0 Å². The molecule has 7 nitrogen and oxygen atoms in total. The molecular formula is C21H45IN6O. The van der Waals surface area contributed by atoms with Crippen molar-refractivity contribution in [2.24, 2.45) is 10.9 Å². The standard InChI is InChI=1S/C21H44N6O.HI/c1-5-22-21(23-8-6-7-9-26-12-10-25(4)11-13-26)24-18-20(19(2)3)27-14-16-28-17-15-27;/h19-20H,5-18H2,1-4H3,(H2,22,23,24);1H. The molecule has 0 radical (unpaired) electrons. The molecule has 0 aromatic carbocycles. The lowest BCUT2D eigenvalue weighted by atomic mass is 10.0. The molecule has 0 spiro atoms. The Morgan fingerprint density at radius 3 is 2.31 bits per heavy atom. The van der Waals surface area contributed by atoms with Crippen molar-refractivity contribution < 1.29 is 4.74 Å². The maximum atomic E-state index is 5.51. The van der Waals surface area contributed by atoms with E-state index < -0.39 is 0 Å². The van der Waals surface area contributed by atoms with Crippen LogP contribution in [0.1, 0.15) is 33.6 Å². The van der Waals surface area contributed by atoms with Gasteiger partial charge < -0.3 is 25.2 Å². The maximum Gasteiger partial charge on any atom is 0.191 e. The van der Waals surface area contributed by atoms with E-state index >= 15 is 0 Å². The third-order valence-corrected chi connectivity index (χ3v) is 5.85. The van der Waals surface area contributed by atoms with Gasteiger partial charge in [0, 0.05) is 58.4 Å². The fourth-order valence-electron chi connectivity index (χ4n) is 3.92. The number of morpholine rings is 1. The van der Waals surface area contributed by atoms with Gasteiger partial charge in [-0.2, -0.15) is 0 Å². The SMILES string of the molecule is CCNC(=NCC(C(C)C)N1CCOCC1)NCCCCN1CCN(C)CC1.I. The second-order valence-corrected chi connectivity index (χ2v) is 8.46. The van der Waals surface area contributed by atoms with Crippen LogP contribution < -0.4 is 10.6 Å². The van der Waals surface area contributed by atoms with Crippen molar-refractivity contribution in [3.63, 3.8) is 0 Å². The first kappa shape index (κ1) is 26.9. The first-order valence-corrected chi connectivity index (χ1v) is 11.3. The van der Waals surface area contributed by atoms with Gasteiger partial charge in [-0.1, -0.05) is 13.8 Å². The summed E-state index contributed by atoms with van der Waals surface area (Å²) in [4.78, 5) is 12.4. The Bertz CT molecular complexity index is 437. The molecule has 1 atom stereocenters. The number of piperazine rings is 1. The lowest BCUT2D eigenvalue weighted by molar-refractivity contribution is 0.00867. The summed E-state index contributed by atoms with van der Waals surface area (Å²) < 4.78 is 5.51. The highest BCUT2D eigenvalue weighted by Gasteiger charge is 2.23. The molecule has 2 N–H and O–H groups in total. The molecule has 2 saturated heterocycles. The Morgan fingerprint density at radius 1 is 1.00 bits per heavy atom. The van der Waals surface area contributed by atoms with Crippen LogP contribution >= 0.6 is 24.0 Å². The number of guanidine groups is 1. The van der Waals surface area contributed by atoms with Crippen LogP contribution in [-0.2, 0) is 4.74 Å². The van der Waals surface area contributed by atoms with Crippen LogP contribution in [0.4, 0.5) is 0 Å². The summed E-state index contributed by atoms with van der Waals surface area (Å²) in [5.74, 6) is 1.55. The van der Waals surface area contributed by atoms with Crippen LogP contribution in [0.2, 0.25) is 0 Å². The Morgan fingerprint density at radius 2 is 1.69 bits per heavy atom. The summed E-state index contributed by atoms with van der Waals surface area (Å²) in [6.45, 7) is 19.3. The average Bonchev–Trinajstić information content (AvgIpc) is 2.69. The predicted octanol–water partition coefficient (Wildman–Crippen LogP) is 1.54. The van der Waals surface area contributed by atoms with Crippen LogP contribution in [-0.4, -0.2) is 112 Å². The molecule has 0 amide bonds. The molecule has 2 aliphatic rings. The molecule has 172 valence electrons. The van der Waals surface area contributed by atoms with Crippen LogP contribution in [0.15, 0.2) is 4.99 Å². The fraction of sp³-hybridized carbons (Fsp3) is 0.952. The van der Waals surface area contributed by atoms with Gasteiger partial charge in [-0.3, -0.25) is 9.89 Å². The van der Waals surface area contributed by atoms with E-state index in [0.29, 0.717) is 12.0 Å². The second kappa shape index (κ2) is 15.6. The number of unbranched alkanes of at least 4 members (excludes halogenated alkanes) is 1. The molecule has 0 saturated carbocycles. The molecule has 2 rings (SSSR count). The lowest BCUT2D eigenvalue weighted by Crippen LogP contribution is -2.48. The molecule has 0 aromatic rings. The Balaban J connectivity index is 0.00000420. The van der Waals surface area contributed by atoms with E-state index in [1.54, 1.807) is 0 Å². The summed E-state index contributed by atoms with van der Waals surface area (Å²) in [7, 11) is 2.21. The number of halogens is 1. The van der Waals surface area contributed by atoms with E-state index in [9.17, 15) is 0 Å². The molecule has 8 heteroatoms. The topological polar surface area (TPSA) is 55.4 Å². The Kier molecular flexibility index (Phi) is 14.5. The zero-order valence-corrected chi connectivity index (χ0v) is 21.5. The van der Waals surface area contributed by atoms with Crippen molar-refractivity contribution in [3.05, 3.63) is 0 Å². The normalized spacial score (nSPS) is 21.1. The maximum absolute atomic E-state index is 5.51. The minimum Gasteiger partial charge on any atom is -0.379 e. The van der Waals surface area contributed by atoms with Crippen LogP contribution in [0, 0.1) is 5.92 Å². The second-order valence-electron chi connectivity index (χ2n) is 8.46. The molecule has 2 fully saturated rings. The Hall–Kier alpha value is -0.160. The monoisotopic (exact) mass is 524 g/mol. The van der Waals surface area contributed by atoms with Crippen molar-refractivity contribution in [1.82, 2.24) is 25.3 Å². The van der Waals surface area contributed by atoms with Gasteiger partial charge in [0.25, 0.3) is 0 Å². The highest BCUT2D eigenvalue weighted by molar-refractivity contribution is 14.0. The number of aliphatic imine (C=N–C) groups is 1. The average molecular weight is 525 g/mol. The molecule has 29 heavy (non-hydrogen) atoms. The van der Waals surface area contributed by atoms with Crippen LogP contribution in [0.3, 0.4) is 0 Å². The van der Waals surface area contributed by atoms with Gasteiger partial charge in [0.2, 0.25) is 0 Å². The minimum absolute atomic E-state index is 0. The van der Waals surface area contributed by atoms with Gasteiger partial charge in [0.05, 0.1) is 19.8 Å². The number of rotatable bonds is 10. The molecule has 2 aliphatic heterocycles. The summed E-state index contributed by atoms with van der Waals surface area (Å²) >= 11 is 0. The third kappa shape index (κ3) is 10.6. The van der Waals surface area contributed by atoms with E-state index in [-0.39, 0.29) is 24.0 Å². The smallest absolute Gasteiger partial charge is 0.191 e. The number of nitrogens with one attached hydrogen (secondary N) is 2. The molecule has 1 unspecified atom stereocenters. The van der Waals surface area contributed by atoms with Crippen molar-refractivity contribution in [2.75, 3.05) is 85.7 Å². The van der Waals surface area contributed by atoms with E-state index in [1.165, 1.54) is 45.6 Å². The number of hydrogen-bond donors (Lipinski definition) is 2. The van der Waals surface area contributed by atoms with E-state index in [1.807, 2.05) is 0 Å². The van der Waals surface area contributed by atoms with Crippen LogP contribution in [0.25, 0.3) is 0 Å². The number of ether oxygens (including phenoxy) is 1. The largest absolute Gasteiger partial charge is 0.379 e. The zero-order valence-electron chi connectivity index (χ0n) is 19.2. The van der Waals surface area contributed by atoms with Crippen molar-refractivity contribution in [1.29, 1.82) is 0 Å². The Labute approximate surface area is 196 Å². The van der Waals surface area contributed by atoms with Gasteiger partial charge in [-0.05, 0) is 39.3 Å². The molecule has 0 aromatic heterocycles. The quantitative estimate of drug-likeness (QED) is 0.196. The first-order valence-electron chi connectivity index (χ1n) is 11.3. The van der Waals surface area contributed by atoms with Gasteiger partial charge in [-0.25, -0.2) is 0 Å². The minimum atomic E-state index is 0. The van der Waals surface area contributed by atoms with Crippen LogP contribution in [0.5, 0.6) is 0 Å². The van der Waals surface area contributed by atoms with Gasteiger partial charge in [0.1, 0.15) is 0 Å². The molecule has 2 heterocycles. The summed E-state index contributed by atoms with van der Waals surface area (Å²) in [5, 5.41) is 6.94. The van der Waals surface area contributed by atoms with E-state index in [0.717, 1.165) is 51.9 Å². The molecule has 0 aliphatic carbocycles. The summed E-state index contributed by atoms with van der Waals surface area (Å²) in [6.07, 6.45) is 2.44. The highest BCUT2D eigenvalue weighted by Crippen LogP contribution is 2.13. The summed E-state index contributed by atoms with van der Waals surface area (Å²) in [5.41, 5.74) is 0. The van der Waals surface area contributed by atoms with Crippen molar-refractivity contribution in [2.45, 2.75) is 39.7 Å². The molecular weight excluding hydrogens is 479 g/mol. The summed E-state index contributed by atoms with van der Waals surface area (Å²) in [6, 6.07) is 0.483. The fourth-order valence-corrected chi connectivity index (χ4v) is 3.92. The van der Waals surface area contributed by atoms with Gasteiger partial charge in [0.15, 0.2) is 5.96 Å². The zero-order chi connectivity index (χ0) is 20.2. The first-order chi connectivity index (χ1) is 13.6. The number of likely N-dealkylation sites (N-methyl/N-ethyl adjacent to an activating group) is 1. The number of hydrogen-bond acceptors (Lipinski definition) is 5. The lowest BCUT2D eigenvalue weighted by Gasteiger charge is -2.36. The van der Waals surface area contributed by atoms with E-state index in [2.05, 4.69) is 53.2 Å². The van der Waals surface area contributed by atoms with Crippen molar-refractivity contribution >= 4 is 29.9 Å². The molecule has 0 bridgehead atoms.